The molecule has 3 nitrogen and oxygen atoms in total. The molecule has 1 aliphatic rings. The lowest BCUT2D eigenvalue weighted by atomic mass is 9.89. The molecule has 3 heteroatoms. The molecule has 0 aliphatic heterocycles. The monoisotopic (exact) mass is 244 g/mol. The lowest BCUT2D eigenvalue weighted by molar-refractivity contribution is 0.367. The molecule has 0 heterocycles. The Hall–Kier alpha value is -1.69. The van der Waals surface area contributed by atoms with Gasteiger partial charge in [-0.15, -0.1) is 0 Å². The van der Waals surface area contributed by atoms with Gasteiger partial charge in [0.25, 0.3) is 0 Å². The standard InChI is InChI=1S/C15H20N2O/c16-9-10-18-15-8-4-7-14(11-15)17-12-13-5-2-1-3-6-13/h4,7-8,11,13,17H,1-3,5-6,10,12H2. The molecular weight excluding hydrogens is 224 g/mol. The average Bonchev–Trinajstić information content (AvgIpc) is 2.44. The van der Waals surface area contributed by atoms with E-state index in [-0.39, 0.29) is 6.61 Å². The lowest BCUT2D eigenvalue weighted by Gasteiger charge is -2.22. The number of rotatable bonds is 5. The van der Waals surface area contributed by atoms with Crippen molar-refractivity contribution < 1.29 is 4.74 Å². The first-order valence-electron chi connectivity index (χ1n) is 6.72. The molecule has 1 fully saturated rings. The van der Waals surface area contributed by atoms with Crippen LogP contribution in [0.1, 0.15) is 32.1 Å². The molecule has 0 spiro atoms. The van der Waals surface area contributed by atoms with Crippen LogP contribution in [-0.4, -0.2) is 13.2 Å². The number of hydrogen-bond donors (Lipinski definition) is 1. The molecule has 1 aliphatic carbocycles. The Morgan fingerprint density at radius 1 is 1.28 bits per heavy atom. The van der Waals surface area contributed by atoms with E-state index in [0.29, 0.717) is 0 Å². The molecule has 0 unspecified atom stereocenters. The van der Waals surface area contributed by atoms with Crippen molar-refractivity contribution in [2.45, 2.75) is 32.1 Å². The normalized spacial score (nSPS) is 15.9. The number of benzene rings is 1. The highest BCUT2D eigenvalue weighted by molar-refractivity contribution is 5.48. The van der Waals surface area contributed by atoms with E-state index in [1.54, 1.807) is 0 Å². The highest BCUT2D eigenvalue weighted by atomic mass is 16.5. The summed E-state index contributed by atoms with van der Waals surface area (Å²) in [6.07, 6.45) is 6.83. The summed E-state index contributed by atoms with van der Waals surface area (Å²) in [5.74, 6) is 1.56. The Morgan fingerprint density at radius 2 is 2.11 bits per heavy atom. The van der Waals surface area contributed by atoms with Crippen molar-refractivity contribution in [1.29, 1.82) is 5.26 Å². The molecule has 0 saturated heterocycles. The number of nitrogens with one attached hydrogen (secondary N) is 1. The van der Waals surface area contributed by atoms with Crippen molar-refractivity contribution in [2.75, 3.05) is 18.5 Å². The Balaban J connectivity index is 1.82. The summed E-state index contributed by atoms with van der Waals surface area (Å²) in [6.45, 7) is 1.15. The number of nitriles is 1. The largest absolute Gasteiger partial charge is 0.479 e. The quantitative estimate of drug-likeness (QED) is 0.861. The molecule has 0 atom stereocenters. The molecule has 1 aromatic rings. The molecule has 0 aromatic heterocycles. The van der Waals surface area contributed by atoms with Gasteiger partial charge in [0, 0.05) is 18.3 Å². The van der Waals surface area contributed by atoms with E-state index in [2.05, 4.69) is 5.32 Å². The Labute approximate surface area is 109 Å². The van der Waals surface area contributed by atoms with Gasteiger partial charge in [-0.05, 0) is 30.9 Å². The van der Waals surface area contributed by atoms with Crippen molar-refractivity contribution in [3.63, 3.8) is 0 Å². The molecule has 0 radical (unpaired) electrons. The maximum Gasteiger partial charge on any atom is 0.174 e. The topological polar surface area (TPSA) is 45.0 Å². The molecule has 1 aromatic carbocycles. The van der Waals surface area contributed by atoms with Gasteiger partial charge >= 0.3 is 0 Å². The number of hydrogen-bond acceptors (Lipinski definition) is 3. The highest BCUT2D eigenvalue weighted by Crippen LogP contribution is 2.24. The number of ether oxygens (including phenoxy) is 1. The summed E-state index contributed by atoms with van der Waals surface area (Å²) >= 11 is 0. The van der Waals surface area contributed by atoms with Crippen molar-refractivity contribution in [3.8, 4) is 11.8 Å². The predicted molar refractivity (Wildman–Crippen MR) is 72.6 cm³/mol. The Kier molecular flexibility index (Phi) is 4.89. The van der Waals surface area contributed by atoms with Gasteiger partial charge < -0.3 is 10.1 Å². The highest BCUT2D eigenvalue weighted by Gasteiger charge is 2.12. The van der Waals surface area contributed by atoms with Crippen LogP contribution >= 0.6 is 0 Å². The van der Waals surface area contributed by atoms with Crippen LogP contribution in [0.5, 0.6) is 5.75 Å². The van der Waals surface area contributed by atoms with Crippen molar-refractivity contribution in [1.82, 2.24) is 0 Å². The van der Waals surface area contributed by atoms with E-state index in [9.17, 15) is 0 Å². The predicted octanol–water partition coefficient (Wildman–Crippen LogP) is 3.58. The fourth-order valence-electron chi connectivity index (χ4n) is 2.46. The summed E-state index contributed by atoms with van der Waals surface area (Å²) < 4.78 is 5.29. The third-order valence-electron chi connectivity index (χ3n) is 3.46. The first-order chi connectivity index (χ1) is 8.88. The van der Waals surface area contributed by atoms with Crippen LogP contribution < -0.4 is 10.1 Å². The van der Waals surface area contributed by atoms with Gasteiger partial charge in [-0.1, -0.05) is 25.3 Å². The molecule has 2 rings (SSSR count). The number of nitrogens with zero attached hydrogens (tertiary/aromatic N) is 1. The zero-order valence-corrected chi connectivity index (χ0v) is 10.7. The molecule has 96 valence electrons. The van der Waals surface area contributed by atoms with Crippen molar-refractivity contribution in [3.05, 3.63) is 24.3 Å². The summed E-state index contributed by atoms with van der Waals surface area (Å²) in [5.41, 5.74) is 1.08. The van der Waals surface area contributed by atoms with Crippen molar-refractivity contribution >= 4 is 5.69 Å². The lowest BCUT2D eigenvalue weighted by Crippen LogP contribution is -2.17. The smallest absolute Gasteiger partial charge is 0.174 e. The Bertz CT molecular complexity index is 405. The second kappa shape index (κ2) is 6.90. The average molecular weight is 244 g/mol. The third-order valence-corrected chi connectivity index (χ3v) is 3.46. The summed E-state index contributed by atoms with van der Waals surface area (Å²) in [7, 11) is 0. The van der Waals surface area contributed by atoms with Crippen molar-refractivity contribution in [2.24, 2.45) is 5.92 Å². The fraction of sp³-hybridized carbons (Fsp3) is 0.533. The van der Waals surface area contributed by atoms with Gasteiger partial charge in [0.15, 0.2) is 6.61 Å². The molecular formula is C15H20N2O. The molecule has 1 saturated carbocycles. The second-order valence-corrected chi connectivity index (χ2v) is 4.86. The van der Waals surface area contributed by atoms with E-state index in [4.69, 9.17) is 10.00 Å². The van der Waals surface area contributed by atoms with Gasteiger partial charge in [0.2, 0.25) is 0 Å². The molecule has 18 heavy (non-hydrogen) atoms. The minimum Gasteiger partial charge on any atom is -0.479 e. The second-order valence-electron chi connectivity index (χ2n) is 4.86. The van der Waals surface area contributed by atoms with Crippen LogP contribution in [0.15, 0.2) is 24.3 Å². The van der Waals surface area contributed by atoms with Gasteiger partial charge in [-0.2, -0.15) is 5.26 Å². The minimum absolute atomic E-state index is 0.103. The van der Waals surface area contributed by atoms with Crippen LogP contribution in [-0.2, 0) is 0 Å². The zero-order chi connectivity index (χ0) is 12.6. The Morgan fingerprint density at radius 3 is 2.89 bits per heavy atom. The van der Waals surface area contributed by atoms with Gasteiger partial charge in [0.1, 0.15) is 11.8 Å². The first-order valence-corrected chi connectivity index (χ1v) is 6.72. The summed E-state index contributed by atoms with van der Waals surface area (Å²) in [4.78, 5) is 0. The summed E-state index contributed by atoms with van der Waals surface area (Å²) in [6, 6.07) is 9.81. The SMILES string of the molecule is N#CCOc1cccc(NCC2CCCCC2)c1. The molecule has 1 N–H and O–H groups in total. The first kappa shape index (κ1) is 12.8. The van der Waals surface area contributed by atoms with Crippen LogP contribution in [0.25, 0.3) is 0 Å². The van der Waals surface area contributed by atoms with E-state index in [1.165, 1.54) is 32.1 Å². The van der Waals surface area contributed by atoms with E-state index < -0.39 is 0 Å². The van der Waals surface area contributed by atoms with Gasteiger partial charge in [0.05, 0.1) is 0 Å². The van der Waals surface area contributed by atoms with Crippen LogP contribution in [0.4, 0.5) is 5.69 Å². The van der Waals surface area contributed by atoms with E-state index >= 15 is 0 Å². The minimum atomic E-state index is 0.103. The third kappa shape index (κ3) is 3.96. The van der Waals surface area contributed by atoms with Crippen LogP contribution in [0.3, 0.4) is 0 Å². The van der Waals surface area contributed by atoms with Crippen LogP contribution in [0, 0.1) is 17.2 Å². The molecule has 0 amide bonds. The summed E-state index contributed by atoms with van der Waals surface area (Å²) in [5, 5.41) is 11.9. The number of anilines is 1. The molecule has 0 bridgehead atoms. The van der Waals surface area contributed by atoms with Crippen LogP contribution in [0.2, 0.25) is 0 Å². The fourth-order valence-corrected chi connectivity index (χ4v) is 2.46. The van der Waals surface area contributed by atoms with Gasteiger partial charge in [-0.3, -0.25) is 0 Å². The maximum atomic E-state index is 8.48. The van der Waals surface area contributed by atoms with Gasteiger partial charge in [-0.25, -0.2) is 0 Å². The maximum absolute atomic E-state index is 8.48. The zero-order valence-electron chi connectivity index (χ0n) is 10.7. The van der Waals surface area contributed by atoms with E-state index in [1.807, 2.05) is 30.3 Å². The van der Waals surface area contributed by atoms with E-state index in [0.717, 1.165) is 23.9 Å².